The lowest BCUT2D eigenvalue weighted by Gasteiger charge is -2.29. The largest absolute Gasteiger partial charge is 0.382 e. The lowest BCUT2D eigenvalue weighted by molar-refractivity contribution is -0.186. The van der Waals surface area contributed by atoms with E-state index < -0.39 is 6.29 Å². The molecule has 1 fully saturated rings. The van der Waals surface area contributed by atoms with E-state index in [1.165, 1.54) is 0 Å². The van der Waals surface area contributed by atoms with Gasteiger partial charge in [-0.15, -0.1) is 0 Å². The number of nitrogens with zero attached hydrogens (tertiary/aromatic N) is 1. The van der Waals surface area contributed by atoms with Gasteiger partial charge in [-0.1, -0.05) is 6.07 Å². The van der Waals surface area contributed by atoms with Crippen LogP contribution in [0.5, 0.6) is 0 Å². The number of fused-ring (bicyclic) bond motifs is 1. The van der Waals surface area contributed by atoms with Gasteiger partial charge in [0.25, 0.3) is 5.91 Å². The highest BCUT2D eigenvalue weighted by molar-refractivity contribution is 5.98. The first-order valence-electron chi connectivity index (χ1n) is 10.6. The molecule has 9 nitrogen and oxygen atoms in total. The number of rotatable bonds is 10. The van der Waals surface area contributed by atoms with Crippen LogP contribution in [0.3, 0.4) is 0 Å². The van der Waals surface area contributed by atoms with Gasteiger partial charge in [0.05, 0.1) is 19.6 Å². The van der Waals surface area contributed by atoms with Crippen LogP contribution < -0.4 is 5.48 Å². The Bertz CT molecular complexity index is 777. The average Bonchev–Trinajstić information content (AvgIpc) is 2.80. The van der Waals surface area contributed by atoms with Crippen molar-refractivity contribution >= 4 is 17.6 Å². The number of nitrogens with one attached hydrogen (secondary N) is 1. The molecule has 31 heavy (non-hydrogen) atoms. The molecule has 0 spiro atoms. The van der Waals surface area contributed by atoms with Crippen molar-refractivity contribution < 1.29 is 33.4 Å². The van der Waals surface area contributed by atoms with E-state index in [1.807, 2.05) is 12.1 Å². The van der Waals surface area contributed by atoms with Gasteiger partial charge in [0.15, 0.2) is 12.1 Å². The van der Waals surface area contributed by atoms with Crippen LogP contribution in [0.15, 0.2) is 18.2 Å². The van der Waals surface area contributed by atoms with Crippen LogP contribution in [0.4, 0.5) is 0 Å². The zero-order valence-corrected chi connectivity index (χ0v) is 17.9. The van der Waals surface area contributed by atoms with Crippen molar-refractivity contribution in [3.8, 4) is 0 Å². The Kier molecular flexibility index (Phi) is 8.96. The Morgan fingerprint density at radius 1 is 1.19 bits per heavy atom. The maximum Gasteiger partial charge on any atom is 0.274 e. The molecule has 9 heteroatoms. The van der Waals surface area contributed by atoms with Crippen molar-refractivity contribution in [1.29, 1.82) is 0 Å². The van der Waals surface area contributed by atoms with Gasteiger partial charge in [-0.25, -0.2) is 10.3 Å². The molecule has 1 unspecified atom stereocenters. The molecule has 170 valence electrons. The highest BCUT2D eigenvalue weighted by atomic mass is 16.8. The lowest BCUT2D eigenvalue weighted by atomic mass is 9.96. The van der Waals surface area contributed by atoms with Gasteiger partial charge in [0, 0.05) is 38.8 Å². The van der Waals surface area contributed by atoms with Crippen molar-refractivity contribution in [2.75, 3.05) is 40.1 Å². The second-order valence-corrected chi connectivity index (χ2v) is 7.65. The number of amides is 2. The molecule has 0 radical (unpaired) electrons. The van der Waals surface area contributed by atoms with E-state index in [0.29, 0.717) is 44.9 Å². The number of hydrogen-bond donors (Lipinski definition) is 1. The molecule has 2 aliphatic heterocycles. The predicted molar refractivity (Wildman–Crippen MR) is 110 cm³/mol. The fraction of sp³-hybridized carbons (Fsp3) is 0.591. The number of carbonyl (C=O) groups excluding carboxylic acids is 3. The van der Waals surface area contributed by atoms with Crippen LogP contribution in [0.2, 0.25) is 0 Å². The third-order valence-corrected chi connectivity index (χ3v) is 5.30. The summed E-state index contributed by atoms with van der Waals surface area (Å²) >= 11 is 0. The van der Waals surface area contributed by atoms with E-state index in [2.05, 4.69) is 5.48 Å². The number of hydroxylamine groups is 1. The topological polar surface area (TPSA) is 103 Å². The van der Waals surface area contributed by atoms with E-state index >= 15 is 0 Å². The normalized spacial score (nSPS) is 18.4. The summed E-state index contributed by atoms with van der Waals surface area (Å²) in [5.41, 5.74) is 4.94. The van der Waals surface area contributed by atoms with E-state index in [0.717, 1.165) is 30.4 Å². The summed E-state index contributed by atoms with van der Waals surface area (Å²) in [7, 11) is 1.55. The zero-order valence-electron chi connectivity index (χ0n) is 17.9. The maximum atomic E-state index is 12.5. The zero-order chi connectivity index (χ0) is 22.1. The molecule has 1 aromatic rings. The molecule has 1 saturated heterocycles. The molecule has 1 N–H and O–H groups in total. The fourth-order valence-corrected chi connectivity index (χ4v) is 3.55. The van der Waals surface area contributed by atoms with Crippen LogP contribution >= 0.6 is 0 Å². The van der Waals surface area contributed by atoms with Gasteiger partial charge in [0.1, 0.15) is 6.61 Å². The van der Waals surface area contributed by atoms with Crippen molar-refractivity contribution in [3.63, 3.8) is 0 Å². The van der Waals surface area contributed by atoms with Crippen LogP contribution in [0.25, 0.3) is 0 Å². The Balaban J connectivity index is 1.47. The number of ether oxygens (including phenoxy) is 3. The Hall–Kier alpha value is -2.33. The number of hydrogen-bond acceptors (Lipinski definition) is 7. The quantitative estimate of drug-likeness (QED) is 0.337. The molecule has 0 saturated carbocycles. The van der Waals surface area contributed by atoms with E-state index in [-0.39, 0.29) is 30.6 Å². The maximum absolute atomic E-state index is 12.5. The highest BCUT2D eigenvalue weighted by Crippen LogP contribution is 2.21. The Labute approximate surface area is 181 Å². The molecule has 0 bridgehead atoms. The molecule has 2 aliphatic rings. The summed E-state index contributed by atoms with van der Waals surface area (Å²) in [4.78, 5) is 43.8. The van der Waals surface area contributed by atoms with E-state index in [9.17, 15) is 14.4 Å². The summed E-state index contributed by atoms with van der Waals surface area (Å²) in [5.74, 6) is -0.788. The second-order valence-electron chi connectivity index (χ2n) is 7.65. The summed E-state index contributed by atoms with van der Waals surface area (Å²) in [6.07, 6.45) is 2.82. The Morgan fingerprint density at radius 3 is 2.84 bits per heavy atom. The molecule has 0 aliphatic carbocycles. The monoisotopic (exact) mass is 434 g/mol. The second kappa shape index (κ2) is 11.9. The fourth-order valence-electron chi connectivity index (χ4n) is 3.55. The standard InChI is InChI=1S/C22H30N2O7/c1-28-10-11-29-15-19(25)13-20(26)24-8-7-16-12-17(5-6-18(16)14-24)22(27)23-31-21-4-2-3-9-30-21/h5-6,12,21H,2-4,7-11,13-15H2,1H3,(H,23,27). The van der Waals surface area contributed by atoms with Crippen LogP contribution in [-0.4, -0.2) is 68.9 Å². The smallest absolute Gasteiger partial charge is 0.274 e. The molecular formula is C22H30N2O7. The van der Waals surface area contributed by atoms with Crippen molar-refractivity contribution in [1.82, 2.24) is 10.4 Å². The first-order valence-corrected chi connectivity index (χ1v) is 10.6. The molecule has 1 atom stereocenters. The number of ketones is 1. The number of benzene rings is 1. The van der Waals surface area contributed by atoms with E-state index in [1.54, 1.807) is 18.1 Å². The molecular weight excluding hydrogens is 404 g/mol. The first-order chi connectivity index (χ1) is 15.1. The van der Waals surface area contributed by atoms with E-state index in [4.69, 9.17) is 19.0 Å². The molecule has 0 aromatic heterocycles. The van der Waals surface area contributed by atoms with Crippen molar-refractivity contribution in [2.24, 2.45) is 0 Å². The van der Waals surface area contributed by atoms with Gasteiger partial charge in [-0.05, 0) is 42.5 Å². The minimum absolute atomic E-state index is 0.0913. The van der Waals surface area contributed by atoms with Gasteiger partial charge in [0.2, 0.25) is 5.91 Å². The minimum atomic E-state index is -0.400. The number of Topliss-reactive ketones (excluding diaryl/α,β-unsaturated/α-hetero) is 1. The molecule has 1 aromatic carbocycles. The van der Waals surface area contributed by atoms with Crippen molar-refractivity contribution in [2.45, 2.75) is 44.9 Å². The number of carbonyl (C=O) groups is 3. The van der Waals surface area contributed by atoms with Gasteiger partial charge < -0.3 is 19.1 Å². The summed E-state index contributed by atoms with van der Waals surface area (Å²) < 4.78 is 15.5. The highest BCUT2D eigenvalue weighted by Gasteiger charge is 2.24. The van der Waals surface area contributed by atoms with Gasteiger partial charge in [-0.2, -0.15) is 0 Å². The van der Waals surface area contributed by atoms with Crippen LogP contribution in [0, 0.1) is 0 Å². The van der Waals surface area contributed by atoms with Gasteiger partial charge in [-0.3, -0.25) is 14.4 Å². The summed E-state index contributed by atoms with van der Waals surface area (Å²) in [5, 5.41) is 0. The SMILES string of the molecule is COCCOCC(=O)CC(=O)N1CCc2cc(C(=O)NOC3CCCCO3)ccc2C1. The van der Waals surface area contributed by atoms with Crippen LogP contribution in [-0.2, 0) is 41.6 Å². The molecule has 2 heterocycles. The number of methoxy groups -OCH3 is 1. The minimum Gasteiger partial charge on any atom is -0.382 e. The lowest BCUT2D eigenvalue weighted by Crippen LogP contribution is -2.37. The third-order valence-electron chi connectivity index (χ3n) is 5.30. The summed E-state index contributed by atoms with van der Waals surface area (Å²) in [6, 6.07) is 5.38. The average molecular weight is 434 g/mol. The first kappa shape index (κ1) is 23.3. The Morgan fingerprint density at radius 2 is 2.06 bits per heavy atom. The molecule has 3 rings (SSSR count). The van der Waals surface area contributed by atoms with Crippen LogP contribution in [0.1, 0.15) is 47.2 Å². The third kappa shape index (κ3) is 7.10. The predicted octanol–water partition coefficient (Wildman–Crippen LogP) is 1.38. The van der Waals surface area contributed by atoms with Gasteiger partial charge >= 0.3 is 0 Å². The summed E-state index contributed by atoms with van der Waals surface area (Å²) in [6.45, 7) is 2.20. The molecule has 2 amide bonds. The van der Waals surface area contributed by atoms with Crippen molar-refractivity contribution in [3.05, 3.63) is 34.9 Å².